The summed E-state index contributed by atoms with van der Waals surface area (Å²) in [5.74, 6) is -0.459. The van der Waals surface area contributed by atoms with Crippen LogP contribution in [0.2, 0.25) is 0 Å². The smallest absolute Gasteiger partial charge is 0.245 e. The number of amides is 2. The first-order valence-electron chi connectivity index (χ1n) is 10.0. The fourth-order valence-electron chi connectivity index (χ4n) is 3.77. The number of hydrogen-bond donors (Lipinski definition) is 1. The van der Waals surface area contributed by atoms with Gasteiger partial charge in [-0.25, -0.2) is 8.42 Å². The van der Waals surface area contributed by atoms with Crippen molar-refractivity contribution in [3.63, 3.8) is 0 Å². The quantitative estimate of drug-likeness (QED) is 0.784. The molecule has 0 aliphatic carbocycles. The van der Waals surface area contributed by atoms with Gasteiger partial charge in [0.1, 0.15) is 6.04 Å². The molecule has 1 aromatic rings. The Bertz CT molecular complexity index is 875. The molecule has 0 radical (unpaired) electrons. The van der Waals surface area contributed by atoms with Gasteiger partial charge in [-0.2, -0.15) is 4.31 Å². The van der Waals surface area contributed by atoms with E-state index in [1.54, 1.807) is 4.90 Å². The molecule has 2 amide bonds. The summed E-state index contributed by atoms with van der Waals surface area (Å²) in [6.07, 6.45) is 0. The number of sulfonamides is 1. The molecule has 29 heavy (non-hydrogen) atoms. The van der Waals surface area contributed by atoms with E-state index in [1.807, 2.05) is 47.6 Å². The molecule has 0 spiro atoms. The van der Waals surface area contributed by atoms with Crippen LogP contribution in [0.4, 0.5) is 0 Å². The van der Waals surface area contributed by atoms with Gasteiger partial charge in [0, 0.05) is 33.1 Å². The summed E-state index contributed by atoms with van der Waals surface area (Å²) in [7, 11) is -3.65. The highest BCUT2D eigenvalue weighted by atomic mass is 32.2. The fraction of sp³-hybridized carbons (Fsp3) is 0.619. The number of carbonyl (C=O) groups excluding carboxylic acids is 2. The van der Waals surface area contributed by atoms with Crippen molar-refractivity contribution < 1.29 is 18.0 Å². The molecule has 1 fully saturated rings. The van der Waals surface area contributed by atoms with Crippen molar-refractivity contribution in [2.24, 2.45) is 5.92 Å². The Morgan fingerprint density at radius 2 is 1.45 bits per heavy atom. The first-order chi connectivity index (χ1) is 13.4. The number of nitrogens with zero attached hydrogens (tertiary/aromatic N) is 2. The number of rotatable bonds is 5. The van der Waals surface area contributed by atoms with Crippen LogP contribution >= 0.6 is 0 Å². The fourth-order valence-corrected chi connectivity index (χ4v) is 5.77. The van der Waals surface area contributed by atoms with E-state index in [0.717, 1.165) is 22.3 Å². The minimum absolute atomic E-state index is 0.0475. The van der Waals surface area contributed by atoms with Gasteiger partial charge in [-0.3, -0.25) is 9.59 Å². The Labute approximate surface area is 174 Å². The summed E-state index contributed by atoms with van der Waals surface area (Å²) >= 11 is 0. The zero-order valence-corrected chi connectivity index (χ0v) is 19.3. The van der Waals surface area contributed by atoms with E-state index in [1.165, 1.54) is 11.2 Å². The lowest BCUT2D eigenvalue weighted by molar-refractivity contribution is -0.138. The summed E-state index contributed by atoms with van der Waals surface area (Å²) in [6, 6.07) is 1.41. The predicted molar refractivity (Wildman–Crippen MR) is 113 cm³/mol. The molecule has 1 atom stereocenters. The van der Waals surface area contributed by atoms with Crippen molar-refractivity contribution in [1.82, 2.24) is 14.5 Å². The maximum Gasteiger partial charge on any atom is 0.245 e. The molecular formula is C21H33N3O4S. The highest BCUT2D eigenvalue weighted by Gasteiger charge is 2.35. The zero-order chi connectivity index (χ0) is 22.1. The lowest BCUT2D eigenvalue weighted by atomic mass is 10.0. The highest BCUT2D eigenvalue weighted by Crippen LogP contribution is 2.29. The van der Waals surface area contributed by atoms with Gasteiger partial charge < -0.3 is 10.2 Å². The van der Waals surface area contributed by atoms with Crippen molar-refractivity contribution in [3.05, 3.63) is 28.3 Å². The zero-order valence-electron chi connectivity index (χ0n) is 18.5. The second kappa shape index (κ2) is 8.83. The summed E-state index contributed by atoms with van der Waals surface area (Å²) in [5, 5.41) is 2.71. The molecule has 1 N–H and O–H groups in total. The van der Waals surface area contributed by atoms with E-state index < -0.39 is 16.1 Å². The summed E-state index contributed by atoms with van der Waals surface area (Å²) in [4.78, 5) is 26.3. The Morgan fingerprint density at radius 1 is 0.966 bits per heavy atom. The van der Waals surface area contributed by atoms with Crippen molar-refractivity contribution in [2.75, 3.05) is 26.2 Å². The number of aryl methyl sites for hydroxylation is 2. The molecule has 2 rings (SSSR count). The monoisotopic (exact) mass is 423 g/mol. The Kier molecular flexibility index (Phi) is 7.11. The molecule has 1 aromatic carbocycles. The molecule has 8 heteroatoms. The molecule has 1 aliphatic rings. The van der Waals surface area contributed by atoms with E-state index in [2.05, 4.69) is 5.32 Å². The van der Waals surface area contributed by atoms with E-state index in [9.17, 15) is 18.0 Å². The lowest BCUT2D eigenvalue weighted by Crippen LogP contribution is -2.57. The molecule has 0 aromatic heterocycles. The maximum absolute atomic E-state index is 13.4. The first kappa shape index (κ1) is 23.3. The Balaban J connectivity index is 2.21. The molecule has 0 bridgehead atoms. The van der Waals surface area contributed by atoms with Crippen LogP contribution < -0.4 is 5.32 Å². The third kappa shape index (κ3) is 4.80. The third-order valence-electron chi connectivity index (χ3n) is 5.74. The standard InChI is InChI=1S/C21H33N3O4S/c1-13(2)19(22-18(7)25)21(26)23-8-10-24(11-9-23)29(27,28)20-16(5)14(3)12-15(4)17(20)6/h12-13,19H,8-11H2,1-7H3,(H,22,25)/t19-/m1/s1. The number of benzene rings is 1. The molecule has 1 aliphatic heterocycles. The number of piperazine rings is 1. The van der Waals surface area contributed by atoms with Gasteiger partial charge in [0.05, 0.1) is 4.90 Å². The normalized spacial score (nSPS) is 16.8. The maximum atomic E-state index is 13.4. The van der Waals surface area contributed by atoms with Gasteiger partial charge in [0.2, 0.25) is 21.8 Å². The number of hydrogen-bond acceptors (Lipinski definition) is 4. The van der Waals surface area contributed by atoms with Gasteiger partial charge in [0.25, 0.3) is 0 Å². The van der Waals surface area contributed by atoms with E-state index in [-0.39, 0.29) is 30.8 Å². The second-order valence-corrected chi connectivity index (χ2v) is 10.1. The van der Waals surface area contributed by atoms with Gasteiger partial charge in [0.15, 0.2) is 0 Å². The molecule has 0 saturated carbocycles. The lowest BCUT2D eigenvalue weighted by Gasteiger charge is -2.37. The van der Waals surface area contributed by atoms with Gasteiger partial charge in [-0.15, -0.1) is 0 Å². The van der Waals surface area contributed by atoms with Gasteiger partial charge >= 0.3 is 0 Å². The van der Waals surface area contributed by atoms with Crippen LogP contribution in [0.15, 0.2) is 11.0 Å². The first-order valence-corrected chi connectivity index (χ1v) is 11.4. The van der Waals surface area contributed by atoms with E-state index in [0.29, 0.717) is 18.0 Å². The van der Waals surface area contributed by atoms with Crippen molar-refractivity contribution in [1.29, 1.82) is 0 Å². The molecule has 7 nitrogen and oxygen atoms in total. The van der Waals surface area contributed by atoms with Crippen LogP contribution in [0.25, 0.3) is 0 Å². The Morgan fingerprint density at radius 3 is 1.86 bits per heavy atom. The second-order valence-electron chi connectivity index (χ2n) is 8.24. The number of carbonyl (C=O) groups is 2. The SMILES string of the molecule is CC(=O)N[C@@H](C(=O)N1CCN(S(=O)(=O)c2c(C)c(C)cc(C)c2C)CC1)C(C)C. The third-order valence-corrected chi connectivity index (χ3v) is 7.91. The minimum Gasteiger partial charge on any atom is -0.344 e. The summed E-state index contributed by atoms with van der Waals surface area (Å²) in [5.41, 5.74) is 3.46. The molecule has 0 unspecified atom stereocenters. The van der Waals surface area contributed by atoms with Gasteiger partial charge in [-0.1, -0.05) is 19.9 Å². The van der Waals surface area contributed by atoms with Crippen molar-refractivity contribution >= 4 is 21.8 Å². The largest absolute Gasteiger partial charge is 0.344 e. The minimum atomic E-state index is -3.65. The Hall–Kier alpha value is -1.93. The van der Waals surface area contributed by atoms with Crippen molar-refractivity contribution in [3.8, 4) is 0 Å². The molecule has 162 valence electrons. The van der Waals surface area contributed by atoms with Crippen molar-refractivity contribution in [2.45, 2.75) is 59.4 Å². The van der Waals surface area contributed by atoms with Crippen LogP contribution in [-0.2, 0) is 19.6 Å². The highest BCUT2D eigenvalue weighted by molar-refractivity contribution is 7.89. The molecule has 1 saturated heterocycles. The predicted octanol–water partition coefficient (Wildman–Crippen LogP) is 1.91. The molecule has 1 heterocycles. The topological polar surface area (TPSA) is 86.8 Å². The van der Waals surface area contributed by atoms with Crippen LogP contribution in [-0.4, -0.2) is 61.7 Å². The van der Waals surface area contributed by atoms with E-state index in [4.69, 9.17) is 0 Å². The van der Waals surface area contributed by atoms with Crippen LogP contribution in [0.5, 0.6) is 0 Å². The summed E-state index contributed by atoms with van der Waals surface area (Å²) < 4.78 is 28.2. The average molecular weight is 424 g/mol. The van der Waals surface area contributed by atoms with Crippen LogP contribution in [0.3, 0.4) is 0 Å². The van der Waals surface area contributed by atoms with Gasteiger partial charge in [-0.05, 0) is 55.9 Å². The van der Waals surface area contributed by atoms with Crippen LogP contribution in [0.1, 0.15) is 43.0 Å². The van der Waals surface area contributed by atoms with E-state index >= 15 is 0 Å². The summed E-state index contributed by atoms with van der Waals surface area (Å²) in [6.45, 7) is 13.8. The van der Waals surface area contributed by atoms with Crippen LogP contribution in [0, 0.1) is 33.6 Å². The molecular weight excluding hydrogens is 390 g/mol. The number of nitrogens with one attached hydrogen (secondary N) is 1. The average Bonchev–Trinajstić information content (AvgIpc) is 2.63.